The largest absolute Gasteiger partial charge is 0.372 e. The fourth-order valence-electron chi connectivity index (χ4n) is 2.85. The van der Waals surface area contributed by atoms with Crippen molar-refractivity contribution in [3.8, 4) is 0 Å². The minimum absolute atomic E-state index is 0.162. The number of nitrogens with two attached hydrogens (primary N) is 1. The van der Waals surface area contributed by atoms with E-state index in [-0.39, 0.29) is 4.90 Å². The van der Waals surface area contributed by atoms with Crippen molar-refractivity contribution in [2.45, 2.75) is 22.6 Å². The molecule has 1 aliphatic rings. The summed E-state index contributed by atoms with van der Waals surface area (Å²) in [6.45, 7) is 1.99. The Balaban J connectivity index is 1.51. The van der Waals surface area contributed by atoms with E-state index in [4.69, 9.17) is 5.14 Å². The standard InChI is InChI=1S/C17H21N3O2S2/c18-24(21,22)17-3-1-15(2-4-17)20-11-7-14(8-12-20)13-23-16-5-9-19-10-6-16/h1-6,9-10,14H,7-8,11-13H2,(H2,18,21,22). The molecular weight excluding hydrogens is 342 g/mol. The number of hydrogen-bond donors (Lipinski definition) is 1. The first kappa shape index (κ1) is 17.3. The van der Waals surface area contributed by atoms with Gasteiger partial charge in [-0.05, 0) is 55.2 Å². The molecule has 0 bridgehead atoms. The average Bonchev–Trinajstić information content (AvgIpc) is 2.61. The van der Waals surface area contributed by atoms with E-state index < -0.39 is 10.0 Å². The third-order valence-corrected chi connectivity index (χ3v) is 6.45. The number of sulfonamides is 1. The molecule has 1 aliphatic heterocycles. The summed E-state index contributed by atoms with van der Waals surface area (Å²) in [4.78, 5) is 7.78. The van der Waals surface area contributed by atoms with Crippen molar-refractivity contribution >= 4 is 27.5 Å². The second-order valence-corrected chi connectivity index (χ2v) is 8.62. The molecule has 7 heteroatoms. The van der Waals surface area contributed by atoms with Crippen LogP contribution in [-0.2, 0) is 10.0 Å². The Bertz CT molecular complexity index is 756. The Kier molecular flexibility index (Phi) is 5.43. The summed E-state index contributed by atoms with van der Waals surface area (Å²) in [6, 6.07) is 10.9. The van der Waals surface area contributed by atoms with Gasteiger partial charge in [-0.25, -0.2) is 13.6 Å². The maximum Gasteiger partial charge on any atom is 0.238 e. The van der Waals surface area contributed by atoms with E-state index in [1.807, 2.05) is 48.4 Å². The molecule has 5 nitrogen and oxygen atoms in total. The van der Waals surface area contributed by atoms with Gasteiger partial charge in [0.25, 0.3) is 0 Å². The van der Waals surface area contributed by atoms with Crippen molar-refractivity contribution in [3.05, 3.63) is 48.8 Å². The van der Waals surface area contributed by atoms with Gasteiger partial charge in [0.1, 0.15) is 0 Å². The zero-order valence-electron chi connectivity index (χ0n) is 13.3. The molecule has 0 aliphatic carbocycles. The molecule has 2 N–H and O–H groups in total. The van der Waals surface area contributed by atoms with Crippen molar-refractivity contribution in [1.82, 2.24) is 4.98 Å². The highest BCUT2D eigenvalue weighted by Gasteiger charge is 2.20. The normalized spacial score (nSPS) is 16.3. The molecule has 1 aromatic carbocycles. The van der Waals surface area contributed by atoms with Gasteiger partial charge in [-0.1, -0.05) is 0 Å². The predicted octanol–water partition coefficient (Wildman–Crippen LogP) is 2.74. The molecule has 0 atom stereocenters. The molecule has 0 radical (unpaired) electrons. The maximum atomic E-state index is 11.3. The van der Waals surface area contributed by atoms with Crippen molar-refractivity contribution in [2.75, 3.05) is 23.7 Å². The van der Waals surface area contributed by atoms with Gasteiger partial charge in [0, 0.05) is 41.8 Å². The molecule has 24 heavy (non-hydrogen) atoms. The smallest absolute Gasteiger partial charge is 0.238 e. The molecule has 0 spiro atoms. The molecule has 2 heterocycles. The summed E-state index contributed by atoms with van der Waals surface area (Å²) in [5, 5.41) is 5.14. The number of benzene rings is 1. The molecule has 3 rings (SSSR count). The lowest BCUT2D eigenvalue weighted by atomic mass is 9.98. The van der Waals surface area contributed by atoms with Gasteiger partial charge in [0.2, 0.25) is 10.0 Å². The SMILES string of the molecule is NS(=O)(=O)c1ccc(N2CCC(CSc3ccncc3)CC2)cc1. The third-order valence-electron chi connectivity index (χ3n) is 4.28. The van der Waals surface area contributed by atoms with Gasteiger partial charge in [0.15, 0.2) is 0 Å². The predicted molar refractivity (Wildman–Crippen MR) is 97.7 cm³/mol. The number of aromatic nitrogens is 1. The highest BCUT2D eigenvalue weighted by Crippen LogP contribution is 2.28. The van der Waals surface area contributed by atoms with Gasteiger partial charge < -0.3 is 4.90 Å². The van der Waals surface area contributed by atoms with Crippen molar-refractivity contribution < 1.29 is 8.42 Å². The molecule has 1 saturated heterocycles. The van der Waals surface area contributed by atoms with E-state index in [2.05, 4.69) is 9.88 Å². The lowest BCUT2D eigenvalue weighted by Crippen LogP contribution is -2.34. The summed E-state index contributed by atoms with van der Waals surface area (Å²) in [6.07, 6.45) is 5.95. The molecule has 0 amide bonds. The minimum atomic E-state index is -3.62. The molecule has 1 aromatic heterocycles. The van der Waals surface area contributed by atoms with E-state index in [0.717, 1.165) is 37.4 Å². The van der Waals surface area contributed by atoms with Gasteiger partial charge in [-0.2, -0.15) is 0 Å². The van der Waals surface area contributed by atoms with Crippen LogP contribution in [0.15, 0.2) is 58.6 Å². The average molecular weight is 364 g/mol. The number of thioether (sulfide) groups is 1. The minimum Gasteiger partial charge on any atom is -0.372 e. The van der Waals surface area contributed by atoms with Crippen LogP contribution in [0.2, 0.25) is 0 Å². The second kappa shape index (κ2) is 7.55. The number of hydrogen-bond acceptors (Lipinski definition) is 5. The quantitative estimate of drug-likeness (QED) is 0.827. The number of anilines is 1. The highest BCUT2D eigenvalue weighted by atomic mass is 32.2. The monoisotopic (exact) mass is 363 g/mol. The number of pyridine rings is 1. The lowest BCUT2D eigenvalue weighted by molar-refractivity contribution is 0.445. The fraction of sp³-hybridized carbons (Fsp3) is 0.353. The zero-order valence-corrected chi connectivity index (χ0v) is 15.0. The summed E-state index contributed by atoms with van der Waals surface area (Å²) < 4.78 is 22.6. The Morgan fingerprint density at radius 3 is 2.29 bits per heavy atom. The summed E-state index contributed by atoms with van der Waals surface area (Å²) in [7, 11) is -3.62. The number of piperidine rings is 1. The van der Waals surface area contributed by atoms with Crippen LogP contribution in [0, 0.1) is 5.92 Å². The molecule has 0 saturated carbocycles. The van der Waals surface area contributed by atoms with Crippen LogP contribution >= 0.6 is 11.8 Å². The van der Waals surface area contributed by atoms with Crippen LogP contribution in [0.5, 0.6) is 0 Å². The zero-order chi connectivity index (χ0) is 17.0. The Labute approximate surface area is 147 Å². The van der Waals surface area contributed by atoms with E-state index in [1.54, 1.807) is 12.1 Å². The number of nitrogens with zero attached hydrogens (tertiary/aromatic N) is 2. The fourth-order valence-corrected chi connectivity index (χ4v) is 4.44. The number of primary sulfonamides is 1. The lowest BCUT2D eigenvalue weighted by Gasteiger charge is -2.33. The van der Waals surface area contributed by atoms with E-state index in [0.29, 0.717) is 5.92 Å². The first-order valence-electron chi connectivity index (χ1n) is 7.93. The van der Waals surface area contributed by atoms with E-state index >= 15 is 0 Å². The van der Waals surface area contributed by atoms with Gasteiger partial charge in [-0.3, -0.25) is 4.98 Å². The van der Waals surface area contributed by atoms with Crippen LogP contribution < -0.4 is 10.0 Å². The van der Waals surface area contributed by atoms with E-state index in [1.165, 1.54) is 4.90 Å². The molecule has 0 unspecified atom stereocenters. The Morgan fingerprint density at radius 2 is 1.71 bits per heavy atom. The van der Waals surface area contributed by atoms with Crippen molar-refractivity contribution in [1.29, 1.82) is 0 Å². The van der Waals surface area contributed by atoms with Gasteiger partial charge >= 0.3 is 0 Å². The number of rotatable bonds is 5. The van der Waals surface area contributed by atoms with Crippen LogP contribution in [-0.4, -0.2) is 32.2 Å². The summed E-state index contributed by atoms with van der Waals surface area (Å²) >= 11 is 1.89. The summed E-state index contributed by atoms with van der Waals surface area (Å²) in [5.41, 5.74) is 1.06. The Morgan fingerprint density at radius 1 is 1.08 bits per heavy atom. The van der Waals surface area contributed by atoms with E-state index in [9.17, 15) is 8.42 Å². The van der Waals surface area contributed by atoms with Crippen LogP contribution in [0.3, 0.4) is 0 Å². The Hall–Kier alpha value is -1.57. The summed E-state index contributed by atoms with van der Waals surface area (Å²) in [5.74, 6) is 1.84. The van der Waals surface area contributed by atoms with Crippen molar-refractivity contribution in [3.63, 3.8) is 0 Å². The van der Waals surface area contributed by atoms with Crippen molar-refractivity contribution in [2.24, 2.45) is 11.1 Å². The molecular formula is C17H21N3O2S2. The van der Waals surface area contributed by atoms with Crippen LogP contribution in [0.4, 0.5) is 5.69 Å². The maximum absolute atomic E-state index is 11.3. The first-order valence-corrected chi connectivity index (χ1v) is 10.5. The molecule has 128 valence electrons. The van der Waals surface area contributed by atoms with Gasteiger partial charge in [-0.15, -0.1) is 11.8 Å². The highest BCUT2D eigenvalue weighted by molar-refractivity contribution is 7.99. The second-order valence-electron chi connectivity index (χ2n) is 5.96. The van der Waals surface area contributed by atoms with Crippen LogP contribution in [0.25, 0.3) is 0 Å². The van der Waals surface area contributed by atoms with Crippen LogP contribution in [0.1, 0.15) is 12.8 Å². The topological polar surface area (TPSA) is 76.3 Å². The first-order chi connectivity index (χ1) is 11.5. The van der Waals surface area contributed by atoms with Gasteiger partial charge in [0.05, 0.1) is 4.90 Å². The third kappa shape index (κ3) is 4.49. The molecule has 2 aromatic rings. The molecule has 1 fully saturated rings.